The van der Waals surface area contributed by atoms with Crippen molar-refractivity contribution in [3.63, 3.8) is 0 Å². The van der Waals surface area contributed by atoms with Crippen LogP contribution >= 0.6 is 0 Å². The van der Waals surface area contributed by atoms with Gasteiger partial charge in [-0.15, -0.1) is 0 Å². The summed E-state index contributed by atoms with van der Waals surface area (Å²) in [7, 11) is 0. The van der Waals surface area contributed by atoms with Crippen LogP contribution < -0.4 is 0 Å². The van der Waals surface area contributed by atoms with E-state index < -0.39 is 5.41 Å². The fourth-order valence-electron chi connectivity index (χ4n) is 5.10. The number of aromatic amines is 1. The number of nitrogens with one attached hydrogen (secondary N) is 1. The van der Waals surface area contributed by atoms with E-state index in [9.17, 15) is 9.59 Å². The Bertz CT molecular complexity index is 872. The van der Waals surface area contributed by atoms with Gasteiger partial charge in [-0.25, -0.2) is 0 Å². The minimum atomic E-state index is -0.438. The highest BCUT2D eigenvalue weighted by molar-refractivity contribution is 6.05. The highest BCUT2D eigenvalue weighted by Gasteiger charge is 2.52. The first-order chi connectivity index (χ1) is 13.6. The second kappa shape index (κ2) is 7.57. The zero-order valence-electron chi connectivity index (χ0n) is 16.9. The molecule has 2 fully saturated rings. The number of carbonyl (C=O) groups is 2. The van der Waals surface area contributed by atoms with Crippen molar-refractivity contribution in [1.82, 2.24) is 20.0 Å². The summed E-state index contributed by atoms with van der Waals surface area (Å²) in [4.78, 5) is 30.8. The molecule has 150 valence electrons. The summed E-state index contributed by atoms with van der Waals surface area (Å²) in [5, 5.41) is 8.11. The van der Waals surface area contributed by atoms with Crippen LogP contribution in [0, 0.1) is 5.41 Å². The lowest BCUT2D eigenvalue weighted by atomic mass is 9.67. The fourth-order valence-corrected chi connectivity index (χ4v) is 5.10. The predicted molar refractivity (Wildman–Crippen MR) is 109 cm³/mol. The van der Waals surface area contributed by atoms with Gasteiger partial charge in [0.15, 0.2) is 5.69 Å². The van der Waals surface area contributed by atoms with Crippen molar-refractivity contribution < 1.29 is 9.59 Å². The van der Waals surface area contributed by atoms with Gasteiger partial charge in [-0.1, -0.05) is 31.5 Å². The number of piperidine rings is 2. The number of benzene rings is 1. The minimum Gasteiger partial charge on any atom is -0.342 e. The van der Waals surface area contributed by atoms with E-state index in [1.165, 1.54) is 0 Å². The Morgan fingerprint density at radius 3 is 2.79 bits per heavy atom. The molecule has 0 unspecified atom stereocenters. The largest absolute Gasteiger partial charge is 0.342 e. The molecular formula is C22H30N4O2. The van der Waals surface area contributed by atoms with E-state index in [1.807, 2.05) is 34.1 Å². The first kappa shape index (κ1) is 19.0. The Labute approximate surface area is 166 Å². The van der Waals surface area contributed by atoms with Crippen molar-refractivity contribution in [2.75, 3.05) is 19.6 Å². The predicted octanol–water partition coefficient (Wildman–Crippen LogP) is 3.60. The summed E-state index contributed by atoms with van der Waals surface area (Å²) in [5.41, 5.74) is 0.891. The Kier molecular flexibility index (Phi) is 5.13. The molecule has 0 saturated carbocycles. The van der Waals surface area contributed by atoms with E-state index in [-0.39, 0.29) is 17.9 Å². The minimum absolute atomic E-state index is 0.0671. The van der Waals surface area contributed by atoms with E-state index in [0.29, 0.717) is 12.2 Å². The van der Waals surface area contributed by atoms with Crippen LogP contribution in [0.4, 0.5) is 0 Å². The third kappa shape index (κ3) is 2.99. The Morgan fingerprint density at radius 1 is 1.25 bits per heavy atom. The van der Waals surface area contributed by atoms with Gasteiger partial charge in [-0.05, 0) is 45.1 Å². The van der Waals surface area contributed by atoms with Crippen LogP contribution in [0.3, 0.4) is 0 Å². The van der Waals surface area contributed by atoms with Gasteiger partial charge in [0, 0.05) is 31.1 Å². The highest BCUT2D eigenvalue weighted by atomic mass is 16.2. The summed E-state index contributed by atoms with van der Waals surface area (Å²) in [6.45, 7) is 6.59. The number of carbonyl (C=O) groups excluding carboxylic acids is 2. The number of rotatable bonds is 4. The van der Waals surface area contributed by atoms with Crippen molar-refractivity contribution >= 4 is 22.7 Å². The first-order valence-electron chi connectivity index (χ1n) is 10.6. The molecule has 6 heteroatoms. The zero-order chi connectivity index (χ0) is 19.7. The second-order valence-corrected chi connectivity index (χ2v) is 8.30. The van der Waals surface area contributed by atoms with Crippen molar-refractivity contribution in [3.05, 3.63) is 30.0 Å². The molecule has 2 amide bonds. The number of unbranched alkanes of at least 4 members (excludes halogenated alkanes) is 1. The molecule has 2 saturated heterocycles. The van der Waals surface area contributed by atoms with Crippen LogP contribution in [0.25, 0.3) is 10.9 Å². The smallest absolute Gasteiger partial charge is 0.275 e. The Hall–Kier alpha value is -2.37. The molecule has 0 radical (unpaired) electrons. The van der Waals surface area contributed by atoms with E-state index >= 15 is 0 Å². The zero-order valence-corrected chi connectivity index (χ0v) is 16.9. The third-order valence-corrected chi connectivity index (χ3v) is 6.77. The van der Waals surface area contributed by atoms with Gasteiger partial charge in [0.2, 0.25) is 5.91 Å². The molecule has 0 aliphatic carbocycles. The molecule has 3 heterocycles. The molecule has 2 atom stereocenters. The number of likely N-dealkylation sites (tertiary alicyclic amines) is 2. The van der Waals surface area contributed by atoms with E-state index in [2.05, 4.69) is 24.0 Å². The van der Waals surface area contributed by atoms with Crippen molar-refractivity contribution in [2.24, 2.45) is 5.41 Å². The molecule has 1 N–H and O–H groups in total. The lowest BCUT2D eigenvalue weighted by Gasteiger charge is -2.51. The van der Waals surface area contributed by atoms with Crippen molar-refractivity contribution in [3.8, 4) is 0 Å². The highest BCUT2D eigenvalue weighted by Crippen LogP contribution is 2.44. The molecule has 1 spiro atoms. The molecule has 1 aromatic heterocycles. The molecule has 6 nitrogen and oxygen atoms in total. The second-order valence-electron chi connectivity index (χ2n) is 8.30. The van der Waals surface area contributed by atoms with E-state index in [0.717, 1.165) is 62.5 Å². The lowest BCUT2D eigenvalue weighted by Crippen LogP contribution is -2.61. The molecule has 1 aromatic carbocycles. The van der Waals surface area contributed by atoms with Gasteiger partial charge in [0.25, 0.3) is 5.91 Å². The normalized spacial score (nSPS) is 25.6. The monoisotopic (exact) mass is 382 g/mol. The van der Waals surface area contributed by atoms with Crippen LogP contribution in [0.1, 0.15) is 62.9 Å². The summed E-state index contributed by atoms with van der Waals surface area (Å²) >= 11 is 0. The first-order valence-corrected chi connectivity index (χ1v) is 10.6. The summed E-state index contributed by atoms with van der Waals surface area (Å²) in [6.07, 6.45) is 5.77. The van der Waals surface area contributed by atoms with Gasteiger partial charge < -0.3 is 9.80 Å². The number of hydrogen-bond acceptors (Lipinski definition) is 3. The van der Waals surface area contributed by atoms with E-state index in [4.69, 9.17) is 0 Å². The van der Waals surface area contributed by atoms with Crippen LogP contribution in [0.2, 0.25) is 0 Å². The molecule has 2 aliphatic heterocycles. The number of fused-ring (bicyclic) bond motifs is 1. The maximum Gasteiger partial charge on any atom is 0.275 e. The maximum atomic E-state index is 13.5. The van der Waals surface area contributed by atoms with E-state index in [1.54, 1.807) is 0 Å². The van der Waals surface area contributed by atoms with Crippen LogP contribution in [-0.2, 0) is 4.79 Å². The fraction of sp³-hybridized carbons (Fsp3) is 0.591. The summed E-state index contributed by atoms with van der Waals surface area (Å²) in [6, 6.07) is 7.59. The number of nitrogens with zero attached hydrogens (tertiary/aromatic N) is 3. The molecular weight excluding hydrogens is 352 g/mol. The van der Waals surface area contributed by atoms with Gasteiger partial charge in [-0.2, -0.15) is 5.10 Å². The number of amides is 2. The third-order valence-electron chi connectivity index (χ3n) is 6.77. The van der Waals surface area contributed by atoms with Crippen molar-refractivity contribution in [1.29, 1.82) is 0 Å². The number of para-hydroxylation sites is 1. The quantitative estimate of drug-likeness (QED) is 0.878. The number of hydrogen-bond donors (Lipinski definition) is 1. The summed E-state index contributed by atoms with van der Waals surface area (Å²) in [5.74, 6) is 0.187. The molecule has 2 aliphatic rings. The van der Waals surface area contributed by atoms with Crippen LogP contribution in [0.15, 0.2) is 24.3 Å². The maximum absolute atomic E-state index is 13.5. The number of H-pyrrole nitrogens is 1. The summed E-state index contributed by atoms with van der Waals surface area (Å²) < 4.78 is 0. The van der Waals surface area contributed by atoms with Gasteiger partial charge in [0.1, 0.15) is 0 Å². The van der Waals surface area contributed by atoms with Gasteiger partial charge >= 0.3 is 0 Å². The van der Waals surface area contributed by atoms with Gasteiger partial charge in [0.05, 0.1) is 10.9 Å². The average molecular weight is 383 g/mol. The SMILES string of the molecule is CCCCN1CCC[C@@]2(CCCN(C(=O)c3n[nH]c4ccccc34)[C@H]2C)C1=O. The lowest BCUT2D eigenvalue weighted by molar-refractivity contribution is -0.153. The topological polar surface area (TPSA) is 69.3 Å². The van der Waals surface area contributed by atoms with Crippen molar-refractivity contribution in [2.45, 2.75) is 58.4 Å². The Balaban J connectivity index is 1.61. The standard InChI is InChI=1S/C22H30N4O2/c1-3-4-13-25-14-7-11-22(21(25)28)12-8-15-26(16(22)2)20(27)19-17-9-5-6-10-18(17)23-24-19/h5-6,9-10,16H,3-4,7-8,11-15H2,1-2H3,(H,23,24)/t16-,22-/m0/s1. The van der Waals surface area contributed by atoms with Crippen LogP contribution in [0.5, 0.6) is 0 Å². The molecule has 4 rings (SSSR count). The Morgan fingerprint density at radius 2 is 2.00 bits per heavy atom. The molecule has 0 bridgehead atoms. The number of aromatic nitrogens is 2. The molecule has 28 heavy (non-hydrogen) atoms. The van der Waals surface area contributed by atoms with Crippen LogP contribution in [-0.4, -0.2) is 57.5 Å². The molecule has 2 aromatic rings. The van der Waals surface area contributed by atoms with Gasteiger partial charge in [-0.3, -0.25) is 14.7 Å². The average Bonchev–Trinajstić information content (AvgIpc) is 3.14.